The summed E-state index contributed by atoms with van der Waals surface area (Å²) in [6.45, 7) is 5.95. The zero-order valence-electron chi connectivity index (χ0n) is 10.9. The van der Waals surface area contributed by atoms with Crippen molar-refractivity contribution in [1.82, 2.24) is 20.6 Å². The van der Waals surface area contributed by atoms with Crippen LogP contribution in [0.5, 0.6) is 0 Å². The van der Waals surface area contributed by atoms with Gasteiger partial charge in [0.15, 0.2) is 5.11 Å². The lowest BCUT2D eigenvalue weighted by Gasteiger charge is -2.20. The summed E-state index contributed by atoms with van der Waals surface area (Å²) in [5.41, 5.74) is 1.17. The van der Waals surface area contributed by atoms with Crippen molar-refractivity contribution in [3.05, 3.63) is 12.0 Å². The van der Waals surface area contributed by atoms with Gasteiger partial charge in [-0.1, -0.05) is 13.8 Å². The minimum absolute atomic E-state index is 0.446. The maximum atomic E-state index is 5.01. The third-order valence-electron chi connectivity index (χ3n) is 2.55. The number of nitrogens with zero attached hydrogens (tertiary/aromatic N) is 2. The molecule has 0 radical (unpaired) electrons. The molecule has 0 bridgehead atoms. The van der Waals surface area contributed by atoms with Crippen LogP contribution in [0.1, 0.15) is 25.5 Å². The van der Waals surface area contributed by atoms with Gasteiger partial charge in [0, 0.05) is 27.2 Å². The summed E-state index contributed by atoms with van der Waals surface area (Å²) < 4.78 is 0. The molecule has 0 unspecified atom stereocenters. The van der Waals surface area contributed by atoms with E-state index in [2.05, 4.69) is 39.3 Å². The maximum Gasteiger partial charge on any atom is 0.166 e. The highest BCUT2D eigenvalue weighted by Gasteiger charge is 2.12. The van der Waals surface area contributed by atoms with Gasteiger partial charge in [-0.15, -0.1) is 0 Å². The Morgan fingerprint density at radius 3 is 2.88 bits per heavy atom. The van der Waals surface area contributed by atoms with Crippen LogP contribution in [0.25, 0.3) is 0 Å². The largest absolute Gasteiger partial charge is 0.366 e. The van der Waals surface area contributed by atoms with E-state index < -0.39 is 0 Å². The predicted molar refractivity (Wildman–Crippen MR) is 75.6 cm³/mol. The fourth-order valence-corrected chi connectivity index (χ4v) is 1.66. The average Bonchev–Trinajstić information content (AvgIpc) is 2.77. The first-order valence-electron chi connectivity index (χ1n) is 5.76. The maximum absolute atomic E-state index is 5.01. The number of rotatable bonds is 5. The van der Waals surface area contributed by atoms with Crippen LogP contribution in [0, 0.1) is 0 Å². The van der Waals surface area contributed by atoms with Crippen LogP contribution < -0.4 is 15.5 Å². The van der Waals surface area contributed by atoms with Crippen molar-refractivity contribution in [1.29, 1.82) is 0 Å². The molecule has 5 nitrogen and oxygen atoms in total. The molecule has 1 rings (SSSR count). The first-order chi connectivity index (χ1) is 8.06. The lowest BCUT2D eigenvalue weighted by Crippen LogP contribution is -2.38. The number of likely N-dealkylation sites (N-methyl/N-ethyl adjacent to an activating group) is 1. The van der Waals surface area contributed by atoms with E-state index in [0.717, 1.165) is 18.9 Å². The van der Waals surface area contributed by atoms with Gasteiger partial charge in [0.25, 0.3) is 0 Å². The van der Waals surface area contributed by atoms with Gasteiger partial charge in [-0.3, -0.25) is 0 Å². The van der Waals surface area contributed by atoms with Gasteiger partial charge in [-0.05, 0) is 18.1 Å². The van der Waals surface area contributed by atoms with E-state index in [-0.39, 0.29) is 0 Å². The third kappa shape index (κ3) is 3.89. The summed E-state index contributed by atoms with van der Waals surface area (Å²) in [5, 5.41) is 6.67. The van der Waals surface area contributed by atoms with E-state index >= 15 is 0 Å². The Kier molecular flexibility index (Phi) is 5.21. The Bertz CT molecular complexity index is 360. The van der Waals surface area contributed by atoms with E-state index in [9.17, 15) is 0 Å². The number of hydrogen-bond donors (Lipinski definition) is 3. The minimum atomic E-state index is 0.446. The Morgan fingerprint density at radius 1 is 1.59 bits per heavy atom. The lowest BCUT2D eigenvalue weighted by molar-refractivity contribution is 0.781. The highest BCUT2D eigenvalue weighted by Crippen LogP contribution is 2.21. The van der Waals surface area contributed by atoms with Crippen molar-refractivity contribution < 1.29 is 0 Å². The first-order valence-corrected chi connectivity index (χ1v) is 6.17. The summed E-state index contributed by atoms with van der Waals surface area (Å²) in [4.78, 5) is 9.66. The Labute approximate surface area is 108 Å². The molecule has 0 aromatic carbocycles. The Morgan fingerprint density at radius 2 is 2.29 bits per heavy atom. The van der Waals surface area contributed by atoms with E-state index in [0.29, 0.717) is 11.0 Å². The molecule has 3 N–H and O–H groups in total. The summed E-state index contributed by atoms with van der Waals surface area (Å²) in [6.07, 6.45) is 1.74. The number of imidazole rings is 1. The van der Waals surface area contributed by atoms with Crippen LogP contribution in [0.15, 0.2) is 6.33 Å². The smallest absolute Gasteiger partial charge is 0.166 e. The highest BCUT2D eigenvalue weighted by atomic mass is 32.1. The Hall–Kier alpha value is -1.30. The number of thiocarbonyl (C=S) groups is 1. The number of H-pyrrole nitrogens is 1. The van der Waals surface area contributed by atoms with E-state index in [1.54, 1.807) is 6.33 Å². The SMILES string of the molecule is CNC(=S)NCCN(C)c1nc[nH]c1C(C)C. The molecule has 0 saturated heterocycles. The topological polar surface area (TPSA) is 56.0 Å². The molecule has 1 aromatic rings. The quantitative estimate of drug-likeness (QED) is 0.687. The van der Waals surface area contributed by atoms with Gasteiger partial charge in [0.05, 0.1) is 12.0 Å². The fraction of sp³-hybridized carbons (Fsp3) is 0.636. The number of nitrogens with one attached hydrogen (secondary N) is 3. The predicted octanol–water partition coefficient (Wildman–Crippen LogP) is 1.06. The number of anilines is 1. The summed E-state index contributed by atoms with van der Waals surface area (Å²) >= 11 is 5.01. The minimum Gasteiger partial charge on any atom is -0.366 e. The van der Waals surface area contributed by atoms with Crippen LogP contribution in [0.3, 0.4) is 0 Å². The van der Waals surface area contributed by atoms with Crippen LogP contribution >= 0.6 is 12.2 Å². The lowest BCUT2D eigenvalue weighted by atomic mass is 10.1. The molecular weight excluding hydrogens is 234 g/mol. The molecule has 0 fully saturated rings. The molecule has 17 heavy (non-hydrogen) atoms. The normalized spacial score (nSPS) is 10.4. The van der Waals surface area contributed by atoms with Gasteiger partial charge in [-0.25, -0.2) is 4.98 Å². The van der Waals surface area contributed by atoms with Crippen LogP contribution in [-0.2, 0) is 0 Å². The van der Waals surface area contributed by atoms with Gasteiger partial charge in [0.1, 0.15) is 5.82 Å². The molecular formula is C11H21N5S. The summed E-state index contributed by atoms with van der Waals surface area (Å²) in [5.74, 6) is 1.46. The van der Waals surface area contributed by atoms with Crippen molar-refractivity contribution in [2.24, 2.45) is 0 Å². The third-order valence-corrected chi connectivity index (χ3v) is 2.90. The monoisotopic (exact) mass is 255 g/mol. The van der Waals surface area contributed by atoms with Gasteiger partial charge in [-0.2, -0.15) is 0 Å². The van der Waals surface area contributed by atoms with Crippen molar-refractivity contribution in [2.45, 2.75) is 19.8 Å². The molecule has 1 aromatic heterocycles. The Balaban J connectivity index is 2.49. The van der Waals surface area contributed by atoms with Crippen LogP contribution in [0.4, 0.5) is 5.82 Å². The molecule has 6 heteroatoms. The van der Waals surface area contributed by atoms with Gasteiger partial charge in [0.2, 0.25) is 0 Å². The molecule has 0 saturated carbocycles. The van der Waals surface area contributed by atoms with Crippen molar-refractivity contribution in [2.75, 3.05) is 32.1 Å². The van der Waals surface area contributed by atoms with E-state index in [4.69, 9.17) is 12.2 Å². The molecule has 0 spiro atoms. The first kappa shape index (κ1) is 13.8. The summed E-state index contributed by atoms with van der Waals surface area (Å²) in [7, 11) is 3.84. The van der Waals surface area contributed by atoms with Crippen LogP contribution in [-0.4, -0.2) is 42.3 Å². The van der Waals surface area contributed by atoms with Crippen molar-refractivity contribution >= 4 is 23.1 Å². The zero-order valence-corrected chi connectivity index (χ0v) is 11.7. The second-order valence-corrected chi connectivity index (χ2v) is 4.63. The molecule has 96 valence electrons. The van der Waals surface area contributed by atoms with Crippen molar-refractivity contribution in [3.8, 4) is 0 Å². The molecule has 1 heterocycles. The molecule has 0 aliphatic carbocycles. The number of aromatic nitrogens is 2. The zero-order chi connectivity index (χ0) is 12.8. The van der Waals surface area contributed by atoms with Crippen LogP contribution in [0.2, 0.25) is 0 Å². The van der Waals surface area contributed by atoms with Gasteiger partial charge < -0.3 is 20.5 Å². The number of aromatic amines is 1. The average molecular weight is 255 g/mol. The number of hydrogen-bond acceptors (Lipinski definition) is 3. The molecule has 0 amide bonds. The molecule has 0 aliphatic rings. The van der Waals surface area contributed by atoms with E-state index in [1.165, 1.54) is 5.69 Å². The second-order valence-electron chi connectivity index (χ2n) is 4.22. The van der Waals surface area contributed by atoms with Gasteiger partial charge >= 0.3 is 0 Å². The second kappa shape index (κ2) is 6.44. The summed E-state index contributed by atoms with van der Waals surface area (Å²) in [6, 6.07) is 0. The standard InChI is InChI=1S/C11H21N5S/c1-8(2)9-10(15-7-14-9)16(4)6-5-13-11(17)12-3/h7-8H,5-6H2,1-4H3,(H,14,15)(H2,12,13,17). The van der Waals surface area contributed by atoms with E-state index in [1.807, 2.05) is 14.1 Å². The van der Waals surface area contributed by atoms with Crippen molar-refractivity contribution in [3.63, 3.8) is 0 Å². The fourth-order valence-electron chi connectivity index (χ4n) is 1.56. The molecule has 0 aliphatic heterocycles. The molecule has 0 atom stereocenters. The highest BCUT2D eigenvalue weighted by molar-refractivity contribution is 7.80.